The summed E-state index contributed by atoms with van der Waals surface area (Å²) >= 11 is 6.02. The first kappa shape index (κ1) is 12.2. The Balaban J connectivity index is 2.22. The fourth-order valence-corrected chi connectivity index (χ4v) is 2.40. The van der Waals surface area contributed by atoms with Crippen LogP contribution >= 0.6 is 11.6 Å². The Labute approximate surface area is 106 Å². The number of pyridine rings is 1. The molecule has 2 rings (SSSR count). The van der Waals surface area contributed by atoms with Gasteiger partial charge in [0.1, 0.15) is 5.82 Å². The van der Waals surface area contributed by atoms with Crippen molar-refractivity contribution in [1.82, 2.24) is 9.88 Å². The number of carbonyl (C=O) groups is 1. The van der Waals surface area contributed by atoms with Crippen LogP contribution in [0, 0.1) is 0 Å². The van der Waals surface area contributed by atoms with Crippen LogP contribution in [-0.4, -0.2) is 35.4 Å². The average Bonchev–Trinajstić information content (AvgIpc) is 2.74. The summed E-state index contributed by atoms with van der Waals surface area (Å²) in [5.41, 5.74) is 0.558. The maximum absolute atomic E-state index is 12.2. The minimum Gasteiger partial charge on any atom is -0.372 e. The molecule has 1 aromatic heterocycles. The van der Waals surface area contributed by atoms with Crippen LogP contribution in [0.2, 0.25) is 5.02 Å². The van der Waals surface area contributed by atoms with Crippen molar-refractivity contribution in [2.24, 2.45) is 0 Å². The highest BCUT2D eigenvalue weighted by molar-refractivity contribution is 6.33. The monoisotopic (exact) mass is 253 g/mol. The molecule has 1 fully saturated rings. The summed E-state index contributed by atoms with van der Waals surface area (Å²) in [4.78, 5) is 18.2. The van der Waals surface area contributed by atoms with Crippen molar-refractivity contribution in [3.8, 4) is 0 Å². The van der Waals surface area contributed by atoms with Crippen molar-refractivity contribution in [2.75, 3.05) is 18.9 Å². The van der Waals surface area contributed by atoms with E-state index in [2.05, 4.69) is 17.2 Å². The summed E-state index contributed by atoms with van der Waals surface area (Å²) in [5.74, 6) is 0.616. The molecule has 0 aliphatic carbocycles. The van der Waals surface area contributed by atoms with Crippen molar-refractivity contribution in [1.29, 1.82) is 0 Å². The van der Waals surface area contributed by atoms with E-state index in [1.54, 1.807) is 19.3 Å². The average molecular weight is 254 g/mol. The van der Waals surface area contributed by atoms with Gasteiger partial charge in [-0.1, -0.05) is 11.6 Å². The van der Waals surface area contributed by atoms with Gasteiger partial charge in [-0.25, -0.2) is 4.98 Å². The number of likely N-dealkylation sites (tertiary alicyclic amines) is 1. The van der Waals surface area contributed by atoms with Crippen molar-refractivity contribution in [3.05, 3.63) is 22.8 Å². The molecule has 1 unspecified atom stereocenters. The molecule has 2 heterocycles. The van der Waals surface area contributed by atoms with Gasteiger partial charge in [0.05, 0.1) is 10.6 Å². The molecule has 1 N–H and O–H groups in total. The molecule has 0 bridgehead atoms. The van der Waals surface area contributed by atoms with E-state index >= 15 is 0 Å². The molecule has 0 aromatic carbocycles. The Kier molecular flexibility index (Phi) is 3.52. The first-order valence-corrected chi connectivity index (χ1v) is 6.15. The highest BCUT2D eigenvalue weighted by atomic mass is 35.5. The quantitative estimate of drug-likeness (QED) is 0.880. The molecule has 5 heteroatoms. The highest BCUT2D eigenvalue weighted by Crippen LogP contribution is 2.23. The van der Waals surface area contributed by atoms with E-state index < -0.39 is 0 Å². The van der Waals surface area contributed by atoms with Crippen molar-refractivity contribution >= 4 is 23.3 Å². The summed E-state index contributed by atoms with van der Waals surface area (Å²) < 4.78 is 0. The van der Waals surface area contributed by atoms with E-state index in [9.17, 15) is 4.79 Å². The molecule has 1 aliphatic heterocycles. The predicted octanol–water partition coefficient (Wildman–Crippen LogP) is 2.40. The number of aromatic nitrogens is 1. The fourth-order valence-electron chi connectivity index (χ4n) is 2.14. The number of amides is 1. The van der Waals surface area contributed by atoms with Gasteiger partial charge in [0.25, 0.3) is 5.91 Å². The summed E-state index contributed by atoms with van der Waals surface area (Å²) in [6, 6.07) is 1.98. The zero-order valence-electron chi connectivity index (χ0n) is 10.0. The molecule has 1 amide bonds. The lowest BCUT2D eigenvalue weighted by atomic mass is 10.2. The Hall–Kier alpha value is -1.29. The second kappa shape index (κ2) is 4.92. The number of nitrogens with zero attached hydrogens (tertiary/aromatic N) is 2. The molecule has 4 nitrogen and oxygen atoms in total. The number of hydrogen-bond acceptors (Lipinski definition) is 3. The second-order valence-corrected chi connectivity index (χ2v) is 4.70. The van der Waals surface area contributed by atoms with E-state index in [1.165, 1.54) is 0 Å². The van der Waals surface area contributed by atoms with Gasteiger partial charge in [-0.15, -0.1) is 0 Å². The Morgan fingerprint density at radius 2 is 2.41 bits per heavy atom. The van der Waals surface area contributed by atoms with E-state index in [0.717, 1.165) is 19.4 Å². The maximum Gasteiger partial charge on any atom is 0.255 e. The van der Waals surface area contributed by atoms with Crippen LogP contribution in [0.3, 0.4) is 0 Å². The lowest BCUT2D eigenvalue weighted by Crippen LogP contribution is -2.33. The zero-order valence-corrected chi connectivity index (χ0v) is 10.8. The van der Waals surface area contributed by atoms with Crippen molar-refractivity contribution in [2.45, 2.75) is 25.8 Å². The van der Waals surface area contributed by atoms with Crippen LogP contribution in [0.4, 0.5) is 5.82 Å². The maximum atomic E-state index is 12.2. The standard InChI is InChI=1S/C12H16ClN3O/c1-8-4-3-5-16(8)12(17)9-6-10(13)11(14-2)15-7-9/h6-8H,3-5H2,1-2H3,(H,14,15). The first-order chi connectivity index (χ1) is 8.13. The summed E-state index contributed by atoms with van der Waals surface area (Å²) in [7, 11) is 1.75. The molecule has 0 radical (unpaired) electrons. The molecule has 17 heavy (non-hydrogen) atoms. The third-order valence-electron chi connectivity index (χ3n) is 3.14. The van der Waals surface area contributed by atoms with Crippen LogP contribution in [0.15, 0.2) is 12.3 Å². The molecule has 1 aromatic rings. The van der Waals surface area contributed by atoms with Crippen LogP contribution in [0.1, 0.15) is 30.1 Å². The third kappa shape index (κ3) is 2.36. The minimum absolute atomic E-state index is 0.0204. The second-order valence-electron chi connectivity index (χ2n) is 4.29. The van der Waals surface area contributed by atoms with Gasteiger partial charge >= 0.3 is 0 Å². The topological polar surface area (TPSA) is 45.2 Å². The lowest BCUT2D eigenvalue weighted by Gasteiger charge is -2.21. The van der Waals surface area contributed by atoms with Crippen LogP contribution in [0.25, 0.3) is 0 Å². The van der Waals surface area contributed by atoms with Gasteiger partial charge in [0.15, 0.2) is 0 Å². The molecular weight excluding hydrogens is 238 g/mol. The third-order valence-corrected chi connectivity index (χ3v) is 3.43. The van der Waals surface area contributed by atoms with E-state index in [1.807, 2.05) is 4.90 Å². The molecule has 0 saturated carbocycles. The summed E-state index contributed by atoms with van der Waals surface area (Å²) in [6.45, 7) is 2.90. The largest absolute Gasteiger partial charge is 0.372 e. The van der Waals surface area contributed by atoms with E-state index in [4.69, 9.17) is 11.6 Å². The number of rotatable bonds is 2. The number of nitrogens with one attached hydrogen (secondary N) is 1. The SMILES string of the molecule is CNc1ncc(C(=O)N2CCCC2C)cc1Cl. The van der Waals surface area contributed by atoms with Gasteiger partial charge in [-0.3, -0.25) is 4.79 Å². The highest BCUT2D eigenvalue weighted by Gasteiger charge is 2.26. The van der Waals surface area contributed by atoms with Crippen molar-refractivity contribution in [3.63, 3.8) is 0 Å². The molecule has 92 valence electrons. The number of anilines is 1. The van der Waals surface area contributed by atoms with Gasteiger partial charge in [-0.05, 0) is 25.8 Å². The van der Waals surface area contributed by atoms with Crippen LogP contribution in [-0.2, 0) is 0 Å². The summed E-state index contributed by atoms with van der Waals surface area (Å²) in [5, 5.41) is 3.35. The van der Waals surface area contributed by atoms with Gasteiger partial charge < -0.3 is 10.2 Å². The van der Waals surface area contributed by atoms with Gasteiger partial charge in [-0.2, -0.15) is 0 Å². The fraction of sp³-hybridized carbons (Fsp3) is 0.500. The molecule has 1 aliphatic rings. The van der Waals surface area contributed by atoms with Crippen LogP contribution < -0.4 is 5.32 Å². The Bertz CT molecular complexity index is 436. The zero-order chi connectivity index (χ0) is 12.4. The number of carbonyl (C=O) groups excluding carboxylic acids is 1. The number of hydrogen-bond donors (Lipinski definition) is 1. The molecule has 1 atom stereocenters. The van der Waals surface area contributed by atoms with E-state index in [-0.39, 0.29) is 5.91 Å². The number of halogens is 1. The van der Waals surface area contributed by atoms with E-state index in [0.29, 0.717) is 22.4 Å². The smallest absolute Gasteiger partial charge is 0.255 e. The van der Waals surface area contributed by atoms with Gasteiger partial charge in [0, 0.05) is 25.8 Å². The molecule has 1 saturated heterocycles. The normalized spacial score (nSPS) is 19.5. The Morgan fingerprint density at radius 1 is 1.65 bits per heavy atom. The van der Waals surface area contributed by atoms with Gasteiger partial charge in [0.2, 0.25) is 0 Å². The molecule has 0 spiro atoms. The predicted molar refractivity (Wildman–Crippen MR) is 68.5 cm³/mol. The molecular formula is C12H16ClN3O. The lowest BCUT2D eigenvalue weighted by molar-refractivity contribution is 0.0747. The van der Waals surface area contributed by atoms with Crippen LogP contribution in [0.5, 0.6) is 0 Å². The summed E-state index contributed by atoms with van der Waals surface area (Å²) in [6.07, 6.45) is 3.72. The first-order valence-electron chi connectivity index (χ1n) is 5.77. The minimum atomic E-state index is 0.0204. The van der Waals surface area contributed by atoms with Crippen molar-refractivity contribution < 1.29 is 4.79 Å². The Morgan fingerprint density at radius 3 is 2.94 bits per heavy atom.